The van der Waals surface area contributed by atoms with Gasteiger partial charge in [-0.25, -0.2) is 4.98 Å². The Morgan fingerprint density at radius 2 is 2.21 bits per heavy atom. The molecule has 148 valence electrons. The Morgan fingerprint density at radius 3 is 2.90 bits per heavy atom. The quantitative estimate of drug-likeness (QED) is 0.549. The summed E-state index contributed by atoms with van der Waals surface area (Å²) in [5.74, 6) is 6.13. The third-order valence-corrected chi connectivity index (χ3v) is 5.55. The summed E-state index contributed by atoms with van der Waals surface area (Å²) in [5, 5.41) is 24.8. The molecule has 4 rings (SSSR count). The first-order valence-electron chi connectivity index (χ1n) is 8.70. The maximum Gasteiger partial charge on any atom is 0.277 e. The zero-order valence-corrected chi connectivity index (χ0v) is 16.4. The lowest BCUT2D eigenvalue weighted by Gasteiger charge is -2.11. The van der Waals surface area contributed by atoms with E-state index in [0.29, 0.717) is 38.9 Å². The van der Waals surface area contributed by atoms with Crippen molar-refractivity contribution in [3.63, 3.8) is 0 Å². The number of aliphatic hydroxyl groups excluding tert-OH is 1. The highest BCUT2D eigenvalue weighted by Gasteiger charge is 2.28. The Morgan fingerprint density at radius 1 is 1.41 bits per heavy atom. The second kappa shape index (κ2) is 7.00. The first-order chi connectivity index (χ1) is 13.7. The van der Waals surface area contributed by atoms with Crippen LogP contribution >= 0.6 is 11.3 Å². The number of aromatic nitrogens is 2. The predicted molar refractivity (Wildman–Crippen MR) is 104 cm³/mol. The lowest BCUT2D eigenvalue weighted by Crippen LogP contribution is -2.18. The van der Waals surface area contributed by atoms with Crippen molar-refractivity contribution in [1.82, 2.24) is 10.1 Å². The van der Waals surface area contributed by atoms with Crippen LogP contribution in [0.2, 0.25) is 0 Å². The van der Waals surface area contributed by atoms with E-state index in [9.17, 15) is 15.0 Å². The number of carbonyl (C=O) groups excluding carboxylic acids is 1. The molecule has 0 bridgehead atoms. The number of ether oxygens (including phenoxy) is 1. The number of primary amides is 1. The van der Waals surface area contributed by atoms with E-state index in [2.05, 4.69) is 22.0 Å². The van der Waals surface area contributed by atoms with Gasteiger partial charge in [-0.1, -0.05) is 17.0 Å². The molecule has 0 spiro atoms. The number of rotatable bonds is 2. The molecular weight excluding hydrogens is 394 g/mol. The molecule has 1 amide bonds. The van der Waals surface area contributed by atoms with Gasteiger partial charge in [0.15, 0.2) is 10.6 Å². The minimum absolute atomic E-state index is 0.0334. The summed E-state index contributed by atoms with van der Waals surface area (Å²) in [6.45, 7) is 3.29. The number of aryl methyl sites for hydroxylation is 1. The molecule has 29 heavy (non-hydrogen) atoms. The van der Waals surface area contributed by atoms with E-state index < -0.39 is 17.6 Å². The normalized spacial score (nSPS) is 17.0. The largest absolute Gasteiger partial charge is 0.490 e. The predicted octanol–water partition coefficient (Wildman–Crippen LogP) is 1.89. The molecule has 9 heteroatoms. The smallest absolute Gasteiger partial charge is 0.277 e. The third kappa shape index (κ3) is 3.61. The molecule has 0 unspecified atom stereocenters. The van der Waals surface area contributed by atoms with Gasteiger partial charge in [0, 0.05) is 17.2 Å². The number of nitrogens with zero attached hydrogens (tertiary/aromatic N) is 2. The van der Waals surface area contributed by atoms with E-state index in [0.717, 1.165) is 11.3 Å². The van der Waals surface area contributed by atoms with Gasteiger partial charge in [0.05, 0.1) is 10.6 Å². The molecule has 1 aromatic carbocycles. The van der Waals surface area contributed by atoms with Crippen molar-refractivity contribution in [2.75, 3.05) is 6.61 Å². The molecule has 0 fully saturated rings. The first-order valence-corrected chi connectivity index (χ1v) is 9.51. The first kappa shape index (κ1) is 19.1. The summed E-state index contributed by atoms with van der Waals surface area (Å²) in [6.07, 6.45) is -0.923. The number of hydrogen-bond acceptors (Lipinski definition) is 8. The minimum atomic E-state index is -1.50. The molecule has 0 saturated heterocycles. The lowest BCUT2D eigenvalue weighted by molar-refractivity contribution is 0.0999. The number of nitrogens with two attached hydrogens (primary N) is 1. The monoisotopic (exact) mass is 411 g/mol. The summed E-state index contributed by atoms with van der Waals surface area (Å²) in [7, 11) is 0. The van der Waals surface area contributed by atoms with Crippen LogP contribution in [0.15, 0.2) is 28.8 Å². The maximum absolute atomic E-state index is 11.5. The standard InChI is InChI=1S/C20H17N3O5S/c1-10-7-15(23-28-10)20(2,26)6-5-11-3-4-14-12(8-11)16-17(13(24)9-27-14)29-19(22-16)18(21)25/h3-4,7-8,13,24,26H,9H2,1-2H3,(H2,21,25)/t13-,20-/m1/s1. The number of thiazole rings is 1. The summed E-state index contributed by atoms with van der Waals surface area (Å²) in [4.78, 5) is 16.3. The molecule has 0 aliphatic carbocycles. The van der Waals surface area contributed by atoms with Crippen LogP contribution in [0.3, 0.4) is 0 Å². The third-order valence-electron chi connectivity index (χ3n) is 4.38. The van der Waals surface area contributed by atoms with Crippen LogP contribution in [0.4, 0.5) is 0 Å². The van der Waals surface area contributed by atoms with Crippen LogP contribution in [-0.4, -0.2) is 32.9 Å². The van der Waals surface area contributed by atoms with Crippen molar-refractivity contribution in [3.8, 4) is 28.8 Å². The van der Waals surface area contributed by atoms with Crippen LogP contribution in [0.5, 0.6) is 5.75 Å². The summed E-state index contributed by atoms with van der Waals surface area (Å²) >= 11 is 1.04. The fourth-order valence-corrected chi connectivity index (χ4v) is 3.78. The van der Waals surface area contributed by atoms with E-state index in [4.69, 9.17) is 15.0 Å². The van der Waals surface area contributed by atoms with Crippen LogP contribution in [-0.2, 0) is 5.60 Å². The molecule has 2 aromatic heterocycles. The SMILES string of the molecule is Cc1cc([C@](C)(O)C#Cc2ccc3c(c2)-c2nc(C(N)=O)sc2[C@H](O)CO3)no1. The van der Waals surface area contributed by atoms with Crippen molar-refractivity contribution in [1.29, 1.82) is 0 Å². The Kier molecular flexibility index (Phi) is 4.62. The fourth-order valence-electron chi connectivity index (χ4n) is 2.87. The average Bonchev–Trinajstić information content (AvgIpc) is 3.29. The Balaban J connectivity index is 1.76. The molecular formula is C20H17N3O5S. The topological polar surface area (TPSA) is 132 Å². The van der Waals surface area contributed by atoms with E-state index in [1.54, 1.807) is 31.2 Å². The van der Waals surface area contributed by atoms with Gasteiger partial charge in [-0.05, 0) is 32.0 Å². The van der Waals surface area contributed by atoms with Gasteiger partial charge < -0.3 is 25.2 Å². The molecule has 1 aliphatic heterocycles. The van der Waals surface area contributed by atoms with Gasteiger partial charge in [-0.3, -0.25) is 4.79 Å². The van der Waals surface area contributed by atoms with Crippen molar-refractivity contribution in [2.45, 2.75) is 25.6 Å². The van der Waals surface area contributed by atoms with Gasteiger partial charge in [0.2, 0.25) is 0 Å². The molecule has 8 nitrogen and oxygen atoms in total. The van der Waals surface area contributed by atoms with Crippen LogP contribution in [0.1, 0.15) is 44.7 Å². The van der Waals surface area contributed by atoms with Crippen molar-refractivity contribution in [3.05, 3.63) is 51.2 Å². The molecule has 4 N–H and O–H groups in total. The Labute approximate surface area is 169 Å². The molecule has 3 aromatic rings. The zero-order chi connectivity index (χ0) is 20.8. The average molecular weight is 411 g/mol. The Hall–Kier alpha value is -3.19. The summed E-state index contributed by atoms with van der Waals surface area (Å²) < 4.78 is 10.7. The van der Waals surface area contributed by atoms with Gasteiger partial charge in [0.1, 0.15) is 29.9 Å². The number of carbonyl (C=O) groups is 1. The summed E-state index contributed by atoms with van der Waals surface area (Å²) in [6, 6.07) is 6.79. The van der Waals surface area contributed by atoms with Gasteiger partial charge in [0.25, 0.3) is 5.91 Å². The van der Waals surface area contributed by atoms with Gasteiger partial charge >= 0.3 is 0 Å². The van der Waals surface area contributed by atoms with E-state index in [-0.39, 0.29) is 11.6 Å². The van der Waals surface area contributed by atoms with Gasteiger partial charge in [-0.2, -0.15) is 0 Å². The zero-order valence-electron chi connectivity index (χ0n) is 15.6. The molecule has 2 atom stereocenters. The van der Waals surface area contributed by atoms with E-state index in [1.165, 1.54) is 6.92 Å². The van der Waals surface area contributed by atoms with Gasteiger partial charge in [-0.15, -0.1) is 11.3 Å². The number of fused-ring (bicyclic) bond motifs is 3. The minimum Gasteiger partial charge on any atom is -0.490 e. The lowest BCUT2D eigenvalue weighted by atomic mass is 10.0. The number of amides is 1. The highest BCUT2D eigenvalue weighted by atomic mass is 32.1. The number of hydrogen-bond donors (Lipinski definition) is 3. The van der Waals surface area contributed by atoms with Crippen LogP contribution in [0.25, 0.3) is 11.3 Å². The number of aliphatic hydroxyl groups is 2. The highest BCUT2D eigenvalue weighted by Crippen LogP contribution is 2.41. The second-order valence-corrected chi connectivity index (χ2v) is 7.81. The van der Waals surface area contributed by atoms with Crippen molar-refractivity contribution < 1.29 is 24.3 Å². The number of benzene rings is 1. The molecule has 0 saturated carbocycles. The van der Waals surface area contributed by atoms with E-state index >= 15 is 0 Å². The maximum atomic E-state index is 11.5. The second-order valence-electron chi connectivity index (χ2n) is 6.78. The van der Waals surface area contributed by atoms with E-state index in [1.807, 2.05) is 0 Å². The van der Waals surface area contributed by atoms with Crippen LogP contribution in [0, 0.1) is 18.8 Å². The molecule has 3 heterocycles. The Bertz CT molecular complexity index is 1170. The highest BCUT2D eigenvalue weighted by molar-refractivity contribution is 7.14. The van der Waals surface area contributed by atoms with Crippen LogP contribution < -0.4 is 10.5 Å². The molecule has 0 radical (unpaired) electrons. The summed E-state index contributed by atoms with van der Waals surface area (Å²) in [5.41, 5.74) is 5.77. The fraction of sp³-hybridized carbons (Fsp3) is 0.250. The van der Waals surface area contributed by atoms with Crippen molar-refractivity contribution >= 4 is 17.2 Å². The van der Waals surface area contributed by atoms with Crippen molar-refractivity contribution in [2.24, 2.45) is 5.73 Å². The molecule has 1 aliphatic rings.